The lowest BCUT2D eigenvalue weighted by Gasteiger charge is -2.32. The average molecular weight is 278 g/mol. The van der Waals surface area contributed by atoms with Crippen molar-refractivity contribution in [2.24, 2.45) is 11.7 Å². The zero-order valence-electron chi connectivity index (χ0n) is 11.4. The lowest BCUT2D eigenvalue weighted by Crippen LogP contribution is -2.54. The highest BCUT2D eigenvalue weighted by molar-refractivity contribution is 5.89. The van der Waals surface area contributed by atoms with E-state index in [1.54, 1.807) is 11.9 Å². The average Bonchev–Trinajstić information content (AvgIpc) is 2.67. The minimum Gasteiger partial charge on any atom is -0.349 e. The highest BCUT2D eigenvalue weighted by Crippen LogP contribution is 2.19. The molecule has 0 saturated carbocycles. The maximum absolute atomic E-state index is 12.1. The van der Waals surface area contributed by atoms with E-state index in [4.69, 9.17) is 5.73 Å². The Hall–Kier alpha value is -0.810. The van der Waals surface area contributed by atoms with Crippen LogP contribution in [0.2, 0.25) is 0 Å². The van der Waals surface area contributed by atoms with E-state index in [0.29, 0.717) is 19.5 Å². The summed E-state index contributed by atoms with van der Waals surface area (Å²) in [7, 11) is 1.73. The van der Waals surface area contributed by atoms with Gasteiger partial charge in [0.1, 0.15) is 0 Å². The van der Waals surface area contributed by atoms with E-state index in [1.165, 1.54) is 0 Å². The number of amides is 2. The SMILES string of the molecule is CCC(CC)(CN)NC(=O)C1CC(=O)N(C)C1.Cl. The maximum atomic E-state index is 12.1. The normalized spacial score (nSPS) is 19.7. The second-order valence-electron chi connectivity index (χ2n) is 4.86. The van der Waals surface area contributed by atoms with Crippen molar-refractivity contribution in [3.05, 3.63) is 0 Å². The predicted octanol–water partition coefficient (Wildman–Crippen LogP) is 0.520. The number of nitrogens with one attached hydrogen (secondary N) is 1. The Kier molecular flexibility index (Phi) is 6.63. The molecule has 6 heteroatoms. The van der Waals surface area contributed by atoms with E-state index in [1.807, 2.05) is 13.8 Å². The molecule has 0 aromatic rings. The van der Waals surface area contributed by atoms with Gasteiger partial charge < -0.3 is 16.0 Å². The Labute approximate surface area is 115 Å². The number of carbonyl (C=O) groups excluding carboxylic acids is 2. The second-order valence-corrected chi connectivity index (χ2v) is 4.86. The number of likely N-dealkylation sites (tertiary alicyclic amines) is 1. The number of halogens is 1. The van der Waals surface area contributed by atoms with Gasteiger partial charge in [-0.25, -0.2) is 0 Å². The fraction of sp³-hybridized carbons (Fsp3) is 0.833. The molecule has 5 nitrogen and oxygen atoms in total. The summed E-state index contributed by atoms with van der Waals surface area (Å²) in [5.74, 6) is -0.232. The quantitative estimate of drug-likeness (QED) is 0.769. The van der Waals surface area contributed by atoms with Crippen molar-refractivity contribution in [3.63, 3.8) is 0 Å². The fourth-order valence-corrected chi connectivity index (χ4v) is 2.17. The Morgan fingerprint density at radius 1 is 1.50 bits per heavy atom. The Bertz CT molecular complexity index is 297. The Balaban J connectivity index is 0.00000289. The van der Waals surface area contributed by atoms with Crippen molar-refractivity contribution in [1.29, 1.82) is 0 Å². The molecule has 0 bridgehead atoms. The number of carbonyl (C=O) groups is 2. The smallest absolute Gasteiger partial charge is 0.225 e. The van der Waals surface area contributed by atoms with Gasteiger partial charge in [-0.05, 0) is 12.8 Å². The predicted molar refractivity (Wildman–Crippen MR) is 73.5 cm³/mol. The topological polar surface area (TPSA) is 75.4 Å². The van der Waals surface area contributed by atoms with E-state index in [9.17, 15) is 9.59 Å². The first-order valence-electron chi connectivity index (χ1n) is 6.24. The first-order chi connectivity index (χ1) is 7.98. The van der Waals surface area contributed by atoms with Crippen LogP contribution in [0.15, 0.2) is 0 Å². The van der Waals surface area contributed by atoms with Gasteiger partial charge in [-0.1, -0.05) is 13.8 Å². The fourth-order valence-electron chi connectivity index (χ4n) is 2.17. The van der Waals surface area contributed by atoms with E-state index >= 15 is 0 Å². The summed E-state index contributed by atoms with van der Waals surface area (Å²) in [6.07, 6.45) is 1.93. The molecule has 18 heavy (non-hydrogen) atoms. The number of nitrogens with zero attached hydrogens (tertiary/aromatic N) is 1. The molecule has 1 aliphatic heterocycles. The van der Waals surface area contributed by atoms with Gasteiger partial charge in [0.2, 0.25) is 11.8 Å². The van der Waals surface area contributed by atoms with Crippen molar-refractivity contribution in [2.45, 2.75) is 38.6 Å². The number of hydrogen-bond acceptors (Lipinski definition) is 3. The molecule has 1 atom stereocenters. The first kappa shape index (κ1) is 17.2. The lowest BCUT2D eigenvalue weighted by molar-refractivity contribution is -0.129. The van der Waals surface area contributed by atoms with Crippen LogP contribution < -0.4 is 11.1 Å². The van der Waals surface area contributed by atoms with Gasteiger partial charge >= 0.3 is 0 Å². The third-order valence-electron chi connectivity index (χ3n) is 3.84. The molecule has 0 aromatic carbocycles. The van der Waals surface area contributed by atoms with Crippen LogP contribution in [0.4, 0.5) is 0 Å². The third-order valence-corrected chi connectivity index (χ3v) is 3.84. The molecule has 1 unspecified atom stereocenters. The van der Waals surface area contributed by atoms with Gasteiger partial charge in [0.15, 0.2) is 0 Å². The molecule has 0 aliphatic carbocycles. The third kappa shape index (κ3) is 3.59. The Morgan fingerprint density at radius 2 is 2.06 bits per heavy atom. The highest BCUT2D eigenvalue weighted by Gasteiger charge is 2.35. The molecule has 1 rings (SSSR count). The number of hydrogen-bond donors (Lipinski definition) is 2. The monoisotopic (exact) mass is 277 g/mol. The van der Waals surface area contributed by atoms with Crippen molar-refractivity contribution in [2.75, 3.05) is 20.1 Å². The van der Waals surface area contributed by atoms with Crippen LogP contribution in [-0.2, 0) is 9.59 Å². The highest BCUT2D eigenvalue weighted by atomic mass is 35.5. The molecule has 2 amide bonds. The van der Waals surface area contributed by atoms with Crippen LogP contribution >= 0.6 is 12.4 Å². The van der Waals surface area contributed by atoms with E-state index in [2.05, 4.69) is 5.32 Å². The Morgan fingerprint density at radius 3 is 2.39 bits per heavy atom. The summed E-state index contributed by atoms with van der Waals surface area (Å²) in [5, 5.41) is 3.02. The second kappa shape index (κ2) is 6.95. The van der Waals surface area contributed by atoms with Crippen molar-refractivity contribution in [3.8, 4) is 0 Å². The van der Waals surface area contributed by atoms with Crippen LogP contribution in [0, 0.1) is 5.92 Å². The van der Waals surface area contributed by atoms with Gasteiger partial charge in [-0.15, -0.1) is 12.4 Å². The first-order valence-corrected chi connectivity index (χ1v) is 6.24. The maximum Gasteiger partial charge on any atom is 0.225 e. The summed E-state index contributed by atoms with van der Waals surface area (Å²) in [5.41, 5.74) is 5.42. The van der Waals surface area contributed by atoms with Gasteiger partial charge in [0.25, 0.3) is 0 Å². The van der Waals surface area contributed by atoms with Crippen LogP contribution in [0.5, 0.6) is 0 Å². The number of nitrogens with two attached hydrogens (primary N) is 1. The zero-order valence-corrected chi connectivity index (χ0v) is 12.2. The standard InChI is InChI=1S/C12H23N3O2.ClH/c1-4-12(5-2,8-13)14-11(17)9-6-10(16)15(3)7-9;/h9H,4-8,13H2,1-3H3,(H,14,17);1H. The molecule has 1 heterocycles. The summed E-state index contributed by atoms with van der Waals surface area (Å²) >= 11 is 0. The number of rotatable bonds is 5. The summed E-state index contributed by atoms with van der Waals surface area (Å²) in [4.78, 5) is 25.1. The minimum atomic E-state index is -0.318. The van der Waals surface area contributed by atoms with E-state index in [-0.39, 0.29) is 35.7 Å². The molecule has 3 N–H and O–H groups in total. The lowest BCUT2D eigenvalue weighted by atomic mass is 9.91. The molecule has 1 saturated heterocycles. The van der Waals surface area contributed by atoms with E-state index in [0.717, 1.165) is 12.8 Å². The van der Waals surface area contributed by atoms with Crippen molar-refractivity contribution >= 4 is 24.2 Å². The summed E-state index contributed by atoms with van der Waals surface area (Å²) in [6.45, 7) is 4.98. The van der Waals surface area contributed by atoms with Crippen molar-refractivity contribution < 1.29 is 9.59 Å². The van der Waals surface area contributed by atoms with Gasteiger partial charge in [-0.2, -0.15) is 0 Å². The molecule has 0 aromatic heterocycles. The zero-order chi connectivity index (χ0) is 13.1. The van der Waals surface area contributed by atoms with Crippen molar-refractivity contribution in [1.82, 2.24) is 10.2 Å². The summed E-state index contributed by atoms with van der Waals surface area (Å²) in [6, 6.07) is 0. The van der Waals surface area contributed by atoms with Crippen LogP contribution in [0.1, 0.15) is 33.1 Å². The van der Waals surface area contributed by atoms with Gasteiger partial charge in [0.05, 0.1) is 11.5 Å². The van der Waals surface area contributed by atoms with E-state index < -0.39 is 0 Å². The molecular formula is C12H24ClN3O2. The largest absolute Gasteiger partial charge is 0.349 e. The van der Waals surface area contributed by atoms with Crippen LogP contribution in [-0.4, -0.2) is 42.4 Å². The molecule has 0 spiro atoms. The van der Waals surface area contributed by atoms with Crippen LogP contribution in [0.3, 0.4) is 0 Å². The molecule has 106 valence electrons. The molecular weight excluding hydrogens is 254 g/mol. The summed E-state index contributed by atoms with van der Waals surface area (Å²) < 4.78 is 0. The molecule has 1 fully saturated rings. The molecule has 0 radical (unpaired) electrons. The van der Waals surface area contributed by atoms with Gasteiger partial charge in [0, 0.05) is 26.6 Å². The van der Waals surface area contributed by atoms with Gasteiger partial charge in [-0.3, -0.25) is 9.59 Å². The minimum absolute atomic E-state index is 0. The molecule has 1 aliphatic rings. The van der Waals surface area contributed by atoms with Crippen LogP contribution in [0.25, 0.3) is 0 Å².